The Balaban J connectivity index is 1.73. The highest BCUT2D eigenvalue weighted by atomic mass is 16.5. The molecule has 0 amide bonds. The van der Waals surface area contributed by atoms with Crippen LogP contribution in [0.5, 0.6) is 0 Å². The molecule has 0 saturated carbocycles. The molecule has 114 valence electrons. The van der Waals surface area contributed by atoms with Crippen LogP contribution in [0.25, 0.3) is 0 Å². The maximum absolute atomic E-state index is 10.1. The Morgan fingerprint density at radius 1 is 1.24 bits per heavy atom. The molecule has 2 N–H and O–H groups in total. The van der Waals surface area contributed by atoms with Gasteiger partial charge in [0.15, 0.2) is 5.82 Å². The van der Waals surface area contributed by atoms with E-state index >= 15 is 0 Å². The molecule has 1 atom stereocenters. The predicted octanol–water partition coefficient (Wildman–Crippen LogP) is 2.13. The highest BCUT2D eigenvalue weighted by molar-refractivity contribution is 5.24. The number of aromatic nitrogens is 2. The topological polar surface area (TPSA) is 71.2 Å². The number of aliphatic hydroxyl groups excluding tert-OH is 1. The molecule has 0 aliphatic heterocycles. The third kappa shape index (κ3) is 5.28. The lowest BCUT2D eigenvalue weighted by molar-refractivity contribution is 0.175. The van der Waals surface area contributed by atoms with Crippen LogP contribution in [0, 0.1) is 5.92 Å². The fraction of sp³-hybridized carbons (Fsp3) is 0.500. The average molecular weight is 289 g/mol. The molecule has 1 unspecified atom stereocenters. The van der Waals surface area contributed by atoms with E-state index in [9.17, 15) is 5.11 Å². The minimum atomic E-state index is -0.497. The minimum Gasteiger partial charge on any atom is -0.387 e. The van der Waals surface area contributed by atoms with Gasteiger partial charge in [-0.1, -0.05) is 43.3 Å². The molecule has 0 saturated heterocycles. The first-order chi connectivity index (χ1) is 10.1. The number of hydrogen-bond donors (Lipinski definition) is 2. The molecule has 5 nitrogen and oxygen atoms in total. The summed E-state index contributed by atoms with van der Waals surface area (Å²) in [6.07, 6.45) is 2.59. The number of hydrogen-bond acceptors (Lipinski definition) is 5. The first kappa shape index (κ1) is 15.7. The molecule has 0 aliphatic carbocycles. The molecular formula is C16H23N3O2. The van der Waals surface area contributed by atoms with E-state index < -0.39 is 6.10 Å². The van der Waals surface area contributed by atoms with Crippen LogP contribution >= 0.6 is 0 Å². The number of rotatable bonds is 8. The maximum Gasteiger partial charge on any atom is 0.213 e. The lowest BCUT2D eigenvalue weighted by atomic mass is 10.0. The van der Waals surface area contributed by atoms with Gasteiger partial charge in [0.2, 0.25) is 6.39 Å². The van der Waals surface area contributed by atoms with Crippen LogP contribution in [0.1, 0.15) is 36.9 Å². The van der Waals surface area contributed by atoms with E-state index in [4.69, 9.17) is 0 Å². The highest BCUT2D eigenvalue weighted by Crippen LogP contribution is 2.15. The van der Waals surface area contributed by atoms with E-state index in [1.54, 1.807) is 0 Å². The van der Waals surface area contributed by atoms with Crippen molar-refractivity contribution >= 4 is 0 Å². The maximum atomic E-state index is 10.1. The molecule has 1 heterocycles. The predicted molar refractivity (Wildman–Crippen MR) is 80.8 cm³/mol. The second-order valence-electron chi connectivity index (χ2n) is 5.66. The lowest BCUT2D eigenvalue weighted by Crippen LogP contribution is -2.24. The Morgan fingerprint density at radius 3 is 2.62 bits per heavy atom. The van der Waals surface area contributed by atoms with Crippen molar-refractivity contribution in [1.29, 1.82) is 0 Å². The monoisotopic (exact) mass is 289 g/mol. The summed E-state index contributed by atoms with van der Waals surface area (Å²) in [5.41, 5.74) is 2.25. The number of aliphatic hydroxyl groups is 1. The van der Waals surface area contributed by atoms with E-state index in [0.29, 0.717) is 31.3 Å². The molecule has 1 aromatic heterocycles. The smallest absolute Gasteiger partial charge is 0.213 e. The fourth-order valence-corrected chi connectivity index (χ4v) is 2.21. The molecule has 0 fully saturated rings. The standard InChI is InChI=1S/C16H23N3O2/c1-12(2)9-13-3-5-14(6-4-13)15(20)10-17-8-7-16-18-11-21-19-16/h3-6,11-12,15,17,20H,7-10H2,1-2H3. The average Bonchev–Trinajstić information content (AvgIpc) is 2.97. The van der Waals surface area contributed by atoms with Gasteiger partial charge in [-0.2, -0.15) is 4.98 Å². The molecular weight excluding hydrogens is 266 g/mol. The third-order valence-corrected chi connectivity index (χ3v) is 3.28. The minimum absolute atomic E-state index is 0.497. The van der Waals surface area contributed by atoms with Gasteiger partial charge >= 0.3 is 0 Å². The summed E-state index contributed by atoms with van der Waals surface area (Å²) < 4.78 is 4.66. The fourth-order valence-electron chi connectivity index (χ4n) is 2.21. The summed E-state index contributed by atoms with van der Waals surface area (Å²) in [6, 6.07) is 8.20. The van der Waals surface area contributed by atoms with E-state index in [2.05, 4.69) is 46.0 Å². The quantitative estimate of drug-likeness (QED) is 0.728. The second-order valence-corrected chi connectivity index (χ2v) is 5.66. The molecule has 0 aliphatic rings. The SMILES string of the molecule is CC(C)Cc1ccc(C(O)CNCCc2ncon2)cc1. The molecule has 21 heavy (non-hydrogen) atoms. The number of nitrogens with one attached hydrogen (secondary N) is 1. The Hall–Kier alpha value is -1.72. The number of benzene rings is 1. The normalized spacial score (nSPS) is 12.8. The summed E-state index contributed by atoms with van der Waals surface area (Å²) in [7, 11) is 0. The largest absolute Gasteiger partial charge is 0.387 e. The molecule has 2 rings (SSSR count). The Bertz CT molecular complexity index is 509. The molecule has 1 aromatic carbocycles. The molecule has 5 heteroatoms. The van der Waals surface area contributed by atoms with Crippen molar-refractivity contribution in [3.05, 3.63) is 47.6 Å². The van der Waals surface area contributed by atoms with Gasteiger partial charge in [0.25, 0.3) is 0 Å². The summed E-state index contributed by atoms with van der Waals surface area (Å²) >= 11 is 0. The van der Waals surface area contributed by atoms with Gasteiger partial charge in [0.05, 0.1) is 6.10 Å². The van der Waals surface area contributed by atoms with Gasteiger partial charge in [0, 0.05) is 19.5 Å². The number of nitrogens with zero attached hydrogens (tertiary/aromatic N) is 2. The van der Waals surface area contributed by atoms with Crippen molar-refractivity contribution < 1.29 is 9.63 Å². The molecule has 0 spiro atoms. The molecule has 2 aromatic rings. The summed E-state index contributed by atoms with van der Waals surface area (Å²) in [5.74, 6) is 1.32. The van der Waals surface area contributed by atoms with Gasteiger partial charge in [-0.25, -0.2) is 0 Å². The van der Waals surface area contributed by atoms with Gasteiger partial charge < -0.3 is 14.9 Å². The van der Waals surface area contributed by atoms with E-state index in [1.165, 1.54) is 12.0 Å². The van der Waals surface area contributed by atoms with E-state index in [1.807, 2.05) is 12.1 Å². The summed E-state index contributed by atoms with van der Waals surface area (Å²) in [4.78, 5) is 3.94. The van der Waals surface area contributed by atoms with Crippen molar-refractivity contribution in [3.8, 4) is 0 Å². The first-order valence-corrected chi connectivity index (χ1v) is 7.38. The summed E-state index contributed by atoms with van der Waals surface area (Å²) in [5, 5.41) is 17.1. The van der Waals surface area contributed by atoms with E-state index in [0.717, 1.165) is 12.0 Å². The van der Waals surface area contributed by atoms with Crippen molar-refractivity contribution in [2.75, 3.05) is 13.1 Å². The van der Waals surface area contributed by atoms with Gasteiger partial charge in [-0.05, 0) is 23.5 Å². The third-order valence-electron chi connectivity index (χ3n) is 3.28. The Morgan fingerprint density at radius 2 is 2.00 bits per heavy atom. The van der Waals surface area contributed by atoms with Crippen molar-refractivity contribution in [2.24, 2.45) is 5.92 Å². The zero-order valence-electron chi connectivity index (χ0n) is 12.6. The Kier molecular flexibility index (Phi) is 5.90. The van der Waals surface area contributed by atoms with Crippen molar-refractivity contribution in [1.82, 2.24) is 15.5 Å². The van der Waals surface area contributed by atoms with Gasteiger partial charge in [-0.3, -0.25) is 0 Å². The van der Waals surface area contributed by atoms with Crippen molar-refractivity contribution in [2.45, 2.75) is 32.8 Å². The molecule has 0 bridgehead atoms. The van der Waals surface area contributed by atoms with Crippen LogP contribution in [0.3, 0.4) is 0 Å². The van der Waals surface area contributed by atoms with Gasteiger partial charge in [-0.15, -0.1) is 0 Å². The van der Waals surface area contributed by atoms with Crippen molar-refractivity contribution in [3.63, 3.8) is 0 Å². The van der Waals surface area contributed by atoms with Crippen LogP contribution in [0.15, 0.2) is 35.2 Å². The first-order valence-electron chi connectivity index (χ1n) is 7.38. The second kappa shape index (κ2) is 7.90. The van der Waals surface area contributed by atoms with E-state index in [-0.39, 0.29) is 0 Å². The van der Waals surface area contributed by atoms with Crippen LogP contribution in [-0.2, 0) is 12.8 Å². The summed E-state index contributed by atoms with van der Waals surface area (Å²) in [6.45, 7) is 5.64. The molecule has 0 radical (unpaired) electrons. The zero-order valence-corrected chi connectivity index (χ0v) is 12.6. The van der Waals surface area contributed by atoms with Gasteiger partial charge in [0.1, 0.15) is 0 Å². The van der Waals surface area contributed by atoms with Crippen LogP contribution < -0.4 is 5.32 Å². The van der Waals surface area contributed by atoms with Crippen LogP contribution in [-0.4, -0.2) is 28.3 Å². The van der Waals surface area contributed by atoms with Crippen LogP contribution in [0.2, 0.25) is 0 Å². The van der Waals surface area contributed by atoms with Crippen LogP contribution in [0.4, 0.5) is 0 Å². The Labute approximate surface area is 125 Å². The lowest BCUT2D eigenvalue weighted by Gasteiger charge is -2.13. The zero-order chi connectivity index (χ0) is 15.1. The highest BCUT2D eigenvalue weighted by Gasteiger charge is 2.07.